The van der Waals surface area contributed by atoms with Crippen LogP contribution in [0.4, 0.5) is 0 Å². The van der Waals surface area contributed by atoms with E-state index >= 15 is 4.79 Å². The Morgan fingerprint density at radius 3 is 2.32 bits per heavy atom. The van der Waals surface area contributed by atoms with Crippen LogP contribution in [0.3, 0.4) is 0 Å². The van der Waals surface area contributed by atoms with Crippen molar-refractivity contribution in [3.8, 4) is 0 Å². The summed E-state index contributed by atoms with van der Waals surface area (Å²) in [6, 6.07) is 1.84. The van der Waals surface area contributed by atoms with E-state index in [4.69, 9.17) is 23.4 Å². The molecule has 1 aromatic heterocycles. The van der Waals surface area contributed by atoms with E-state index in [1.807, 2.05) is 19.9 Å². The molecule has 1 aromatic rings. The predicted molar refractivity (Wildman–Crippen MR) is 137 cm³/mol. The molecule has 3 N–H and O–H groups in total. The largest absolute Gasteiger partial charge is 0.472 e. The second kappa shape index (κ2) is 8.19. The summed E-state index contributed by atoms with van der Waals surface area (Å²) in [6.07, 6.45) is -2.27. The maximum Gasteiger partial charge on any atom is 0.303 e. The number of hydrogen-bond donors (Lipinski definition) is 3. The molecule has 0 aromatic carbocycles. The summed E-state index contributed by atoms with van der Waals surface area (Å²) in [6.45, 7) is 7.85. The number of aliphatic hydroxyl groups excluding tert-OH is 3. The minimum Gasteiger partial charge on any atom is -0.472 e. The average molecular weight is 575 g/mol. The first-order chi connectivity index (χ1) is 19.2. The second-order valence-electron chi connectivity index (χ2n) is 13.9. The second-order valence-corrected chi connectivity index (χ2v) is 13.9. The van der Waals surface area contributed by atoms with Crippen LogP contribution in [-0.4, -0.2) is 82.1 Å². The molecule has 3 unspecified atom stereocenters. The summed E-state index contributed by atoms with van der Waals surface area (Å²) in [5.74, 6) is -3.56. The lowest BCUT2D eigenvalue weighted by atomic mass is 9.33. The number of carbonyl (C=O) groups excluding carboxylic acids is 3. The van der Waals surface area contributed by atoms with Gasteiger partial charge in [0.1, 0.15) is 11.7 Å². The highest BCUT2D eigenvalue weighted by Crippen LogP contribution is 2.82. The van der Waals surface area contributed by atoms with Gasteiger partial charge >= 0.3 is 11.9 Å². The topological polar surface area (TPSA) is 165 Å². The van der Waals surface area contributed by atoms with Crippen molar-refractivity contribution >= 4 is 17.7 Å². The number of ketones is 1. The maximum atomic E-state index is 15.0. The smallest absolute Gasteiger partial charge is 0.303 e. The van der Waals surface area contributed by atoms with Gasteiger partial charge < -0.3 is 38.7 Å². The molecule has 224 valence electrons. The quantitative estimate of drug-likeness (QED) is 0.354. The van der Waals surface area contributed by atoms with Crippen molar-refractivity contribution in [2.45, 2.75) is 102 Å². The molecule has 0 amide bonds. The monoisotopic (exact) mass is 574 g/mol. The van der Waals surface area contributed by atoms with Crippen molar-refractivity contribution in [1.29, 1.82) is 0 Å². The van der Waals surface area contributed by atoms with E-state index in [-0.39, 0.29) is 31.5 Å². The van der Waals surface area contributed by atoms with Crippen molar-refractivity contribution in [2.75, 3.05) is 6.61 Å². The molecule has 11 nitrogen and oxygen atoms in total. The molecule has 41 heavy (non-hydrogen) atoms. The van der Waals surface area contributed by atoms with Gasteiger partial charge in [0.2, 0.25) is 0 Å². The lowest BCUT2D eigenvalue weighted by Crippen LogP contribution is -2.82. The fourth-order valence-electron chi connectivity index (χ4n) is 11.0. The van der Waals surface area contributed by atoms with Gasteiger partial charge in [-0.25, -0.2) is 0 Å². The van der Waals surface area contributed by atoms with Crippen LogP contribution in [0.2, 0.25) is 0 Å². The Morgan fingerprint density at radius 2 is 1.68 bits per heavy atom. The Hall–Kier alpha value is -2.31. The molecule has 6 aliphatic rings. The molecule has 14 atom stereocenters. The van der Waals surface area contributed by atoms with Gasteiger partial charge in [-0.05, 0) is 30.4 Å². The van der Waals surface area contributed by atoms with Crippen LogP contribution < -0.4 is 0 Å². The highest BCUT2D eigenvalue weighted by molar-refractivity contribution is 5.93. The van der Waals surface area contributed by atoms with Crippen molar-refractivity contribution < 1.29 is 53.1 Å². The first-order valence-corrected chi connectivity index (χ1v) is 14.5. The Morgan fingerprint density at radius 1 is 0.976 bits per heavy atom. The number of hydrogen-bond acceptors (Lipinski definition) is 11. The molecule has 2 bridgehead atoms. The third kappa shape index (κ3) is 2.85. The molecule has 3 heterocycles. The molecular formula is C30H38O11. The molecule has 7 rings (SSSR count). The molecular weight excluding hydrogens is 536 g/mol. The fourth-order valence-corrected chi connectivity index (χ4v) is 11.0. The highest BCUT2D eigenvalue weighted by Gasteiger charge is 2.92. The van der Waals surface area contributed by atoms with Gasteiger partial charge in [-0.2, -0.15) is 0 Å². The number of esters is 2. The van der Waals surface area contributed by atoms with E-state index < -0.39 is 87.5 Å². The number of rotatable bonds is 3. The Balaban J connectivity index is 1.44. The minimum atomic E-state index is -1.36. The van der Waals surface area contributed by atoms with Crippen LogP contribution in [-0.2, 0) is 33.3 Å². The van der Waals surface area contributed by atoms with Gasteiger partial charge in [-0.3, -0.25) is 14.4 Å². The van der Waals surface area contributed by atoms with Crippen LogP contribution >= 0.6 is 0 Å². The van der Waals surface area contributed by atoms with Crippen LogP contribution in [0, 0.1) is 33.5 Å². The van der Waals surface area contributed by atoms with Crippen molar-refractivity contribution in [3.05, 3.63) is 24.2 Å². The number of fused-ring (bicyclic) bond motifs is 1. The SMILES string of the molecule is CC(=O)O[C@@H]1C[C@H](O)[C@@]23COC(O)[C@]1(C)C2C[C@@H](O)[C@]1(C)C3C(=O)[C@H](OC(C)=O)[C@@]2(C)[C@H](c3ccoc3)C[C@H]3O[C@]321. The highest BCUT2D eigenvalue weighted by atomic mass is 16.6. The van der Waals surface area contributed by atoms with Crippen molar-refractivity contribution in [2.24, 2.45) is 33.5 Å². The van der Waals surface area contributed by atoms with E-state index in [1.54, 1.807) is 19.5 Å². The fraction of sp³-hybridized carbons (Fsp3) is 0.767. The zero-order valence-electron chi connectivity index (χ0n) is 23.9. The third-order valence-electron chi connectivity index (χ3n) is 12.6. The van der Waals surface area contributed by atoms with E-state index in [9.17, 15) is 24.9 Å². The molecule has 4 aliphatic carbocycles. The van der Waals surface area contributed by atoms with Gasteiger partial charge in [0.05, 0.1) is 48.3 Å². The summed E-state index contributed by atoms with van der Waals surface area (Å²) >= 11 is 0. The van der Waals surface area contributed by atoms with E-state index in [0.29, 0.717) is 6.42 Å². The lowest BCUT2D eigenvalue weighted by molar-refractivity contribution is -0.373. The zero-order chi connectivity index (χ0) is 29.5. The molecule has 2 saturated heterocycles. The number of aliphatic hydroxyl groups is 3. The van der Waals surface area contributed by atoms with Gasteiger partial charge in [0, 0.05) is 42.9 Å². The normalized spacial score (nSPS) is 54.7. The van der Waals surface area contributed by atoms with Gasteiger partial charge in [0.15, 0.2) is 18.2 Å². The molecule has 0 radical (unpaired) electrons. The Bertz CT molecular complexity index is 1310. The van der Waals surface area contributed by atoms with Crippen molar-refractivity contribution in [1.82, 2.24) is 0 Å². The number of furan rings is 1. The van der Waals surface area contributed by atoms with E-state index in [2.05, 4.69) is 0 Å². The zero-order valence-corrected chi connectivity index (χ0v) is 23.9. The Kier molecular flexibility index (Phi) is 5.50. The molecule has 6 fully saturated rings. The number of Topliss-reactive ketones (excluding diaryl/α,β-unsaturated/α-hetero) is 1. The van der Waals surface area contributed by atoms with Crippen LogP contribution in [0.5, 0.6) is 0 Å². The summed E-state index contributed by atoms with van der Waals surface area (Å²) < 4.78 is 29.5. The lowest BCUT2D eigenvalue weighted by Gasteiger charge is -2.73. The summed E-state index contributed by atoms with van der Waals surface area (Å²) in [4.78, 5) is 39.7. The first-order valence-electron chi connectivity index (χ1n) is 14.5. The van der Waals surface area contributed by atoms with Gasteiger partial charge in [-0.15, -0.1) is 0 Å². The molecule has 2 aliphatic heterocycles. The molecule has 4 saturated carbocycles. The Labute approximate surface area is 237 Å². The summed E-state index contributed by atoms with van der Waals surface area (Å²) in [5.41, 5.74) is -4.93. The minimum absolute atomic E-state index is 0.0205. The van der Waals surface area contributed by atoms with Crippen LogP contribution in [0.25, 0.3) is 0 Å². The number of ether oxygens (including phenoxy) is 4. The summed E-state index contributed by atoms with van der Waals surface area (Å²) in [5, 5.41) is 35.4. The predicted octanol–water partition coefficient (Wildman–Crippen LogP) is 1.47. The maximum absolute atomic E-state index is 15.0. The van der Waals surface area contributed by atoms with Crippen molar-refractivity contribution in [3.63, 3.8) is 0 Å². The van der Waals surface area contributed by atoms with Gasteiger partial charge in [-0.1, -0.05) is 20.8 Å². The van der Waals surface area contributed by atoms with E-state index in [1.165, 1.54) is 13.8 Å². The summed E-state index contributed by atoms with van der Waals surface area (Å²) in [7, 11) is 0. The first kappa shape index (κ1) is 27.5. The van der Waals surface area contributed by atoms with Crippen LogP contribution in [0.1, 0.15) is 65.4 Å². The van der Waals surface area contributed by atoms with Gasteiger partial charge in [0.25, 0.3) is 0 Å². The number of epoxide rings is 1. The molecule has 11 heteroatoms. The third-order valence-corrected chi connectivity index (χ3v) is 12.6. The number of carbonyl (C=O) groups is 3. The van der Waals surface area contributed by atoms with E-state index in [0.717, 1.165) is 5.56 Å². The standard InChI is InChI=1S/C30H38O11/c1-13(31)39-20-10-19(34)29-12-38-25(36)26(20,3)17(29)9-18(33)28(5)23(29)22(35)24(40-14(2)32)27(4)16(15-6-7-37-11-15)8-21-30(27,28)41-21/h6-7,11,16-21,23-25,33-34,36H,8-10,12H2,1-5H3/t16-,17?,18+,19-,20+,21+,23?,24-,25?,26+,27+,28+,29+,30+/m0/s1. The van der Waals surface area contributed by atoms with Crippen LogP contribution in [0.15, 0.2) is 23.0 Å². The molecule has 1 spiro atoms. The average Bonchev–Trinajstić information content (AvgIpc) is 3.26.